The van der Waals surface area contributed by atoms with Gasteiger partial charge in [-0.3, -0.25) is 0 Å². The molecule has 0 bridgehead atoms. The maximum atomic E-state index is 14.2. The first kappa shape index (κ1) is 15.5. The van der Waals surface area contributed by atoms with Crippen molar-refractivity contribution in [2.45, 2.75) is 52.0 Å². The van der Waals surface area contributed by atoms with Gasteiger partial charge in [0.05, 0.1) is 5.02 Å². The average Bonchev–Trinajstić information content (AvgIpc) is 2.35. The van der Waals surface area contributed by atoms with Crippen LogP contribution >= 0.6 is 11.6 Å². The van der Waals surface area contributed by atoms with E-state index in [-0.39, 0.29) is 16.3 Å². The largest absolute Gasteiger partial charge is 0.314 e. The van der Waals surface area contributed by atoms with Gasteiger partial charge in [-0.15, -0.1) is 0 Å². The van der Waals surface area contributed by atoms with Crippen molar-refractivity contribution in [1.29, 1.82) is 0 Å². The summed E-state index contributed by atoms with van der Waals surface area (Å²) in [6.07, 6.45) is 1.78. The average molecular weight is 272 g/mol. The summed E-state index contributed by atoms with van der Waals surface area (Å²) in [6.45, 7) is 9.18. The van der Waals surface area contributed by atoms with Crippen LogP contribution in [-0.4, -0.2) is 12.6 Å². The molecule has 0 saturated carbocycles. The van der Waals surface area contributed by atoms with Gasteiger partial charge in [0.15, 0.2) is 0 Å². The van der Waals surface area contributed by atoms with E-state index >= 15 is 0 Å². The Morgan fingerprint density at radius 2 is 1.89 bits per heavy atom. The molecule has 0 aliphatic carbocycles. The molecule has 0 amide bonds. The van der Waals surface area contributed by atoms with E-state index in [1.165, 1.54) is 0 Å². The zero-order chi connectivity index (χ0) is 13.8. The van der Waals surface area contributed by atoms with Crippen molar-refractivity contribution >= 4 is 11.6 Å². The van der Waals surface area contributed by atoms with E-state index in [9.17, 15) is 4.39 Å². The van der Waals surface area contributed by atoms with E-state index < -0.39 is 0 Å². The molecule has 0 heterocycles. The van der Waals surface area contributed by atoms with Crippen molar-refractivity contribution < 1.29 is 4.39 Å². The summed E-state index contributed by atoms with van der Waals surface area (Å²) in [5.41, 5.74) is 0.548. The lowest BCUT2D eigenvalue weighted by Gasteiger charge is -2.34. The number of hydrogen-bond donors (Lipinski definition) is 1. The second kappa shape index (κ2) is 6.53. The van der Waals surface area contributed by atoms with Gasteiger partial charge in [-0.2, -0.15) is 0 Å². The van der Waals surface area contributed by atoms with Crippen LogP contribution in [-0.2, 0) is 5.41 Å². The van der Waals surface area contributed by atoms with Gasteiger partial charge in [-0.1, -0.05) is 51.4 Å². The van der Waals surface area contributed by atoms with Crippen molar-refractivity contribution in [3.05, 3.63) is 34.6 Å². The fourth-order valence-electron chi connectivity index (χ4n) is 2.29. The second-order valence-corrected chi connectivity index (χ2v) is 5.53. The van der Waals surface area contributed by atoms with Gasteiger partial charge in [0.1, 0.15) is 5.82 Å². The number of benzene rings is 1. The molecular weight excluding hydrogens is 249 g/mol. The van der Waals surface area contributed by atoms with Crippen molar-refractivity contribution in [3.8, 4) is 0 Å². The lowest BCUT2D eigenvalue weighted by molar-refractivity contribution is 0.342. The molecule has 0 radical (unpaired) electrons. The molecule has 0 aromatic heterocycles. The molecular formula is C15H23ClFN. The first-order valence-electron chi connectivity index (χ1n) is 6.64. The smallest absolute Gasteiger partial charge is 0.145 e. The van der Waals surface area contributed by atoms with E-state index in [0.717, 1.165) is 24.9 Å². The monoisotopic (exact) mass is 271 g/mol. The van der Waals surface area contributed by atoms with Gasteiger partial charge in [-0.25, -0.2) is 4.39 Å². The maximum Gasteiger partial charge on any atom is 0.145 e. The zero-order valence-electron chi connectivity index (χ0n) is 11.7. The van der Waals surface area contributed by atoms with Gasteiger partial charge in [0, 0.05) is 18.0 Å². The topological polar surface area (TPSA) is 12.0 Å². The predicted molar refractivity (Wildman–Crippen MR) is 76.8 cm³/mol. The summed E-state index contributed by atoms with van der Waals surface area (Å²) in [4.78, 5) is 0. The van der Waals surface area contributed by atoms with Crippen LogP contribution in [0.1, 0.15) is 46.1 Å². The molecule has 0 saturated heterocycles. The Kier molecular flexibility index (Phi) is 5.61. The normalized spacial score (nSPS) is 12.2. The van der Waals surface area contributed by atoms with E-state index in [1.54, 1.807) is 6.07 Å². The second-order valence-electron chi connectivity index (χ2n) is 5.12. The highest BCUT2D eigenvalue weighted by Crippen LogP contribution is 2.35. The molecule has 1 aromatic carbocycles. The van der Waals surface area contributed by atoms with Gasteiger partial charge in [-0.05, 0) is 24.5 Å². The van der Waals surface area contributed by atoms with Crippen molar-refractivity contribution in [1.82, 2.24) is 5.32 Å². The Balaban J connectivity index is 3.13. The molecule has 0 spiro atoms. The van der Waals surface area contributed by atoms with Gasteiger partial charge < -0.3 is 5.32 Å². The third-order valence-electron chi connectivity index (χ3n) is 3.73. The third kappa shape index (κ3) is 3.24. The first-order valence-corrected chi connectivity index (χ1v) is 7.02. The van der Waals surface area contributed by atoms with Crippen LogP contribution in [0.4, 0.5) is 4.39 Å². The third-order valence-corrected chi connectivity index (χ3v) is 4.02. The van der Waals surface area contributed by atoms with Gasteiger partial charge in [0.2, 0.25) is 0 Å². The summed E-state index contributed by atoms with van der Waals surface area (Å²) in [5, 5.41) is 3.64. The lowest BCUT2D eigenvalue weighted by atomic mass is 9.75. The summed E-state index contributed by atoms with van der Waals surface area (Å²) >= 11 is 5.90. The fourth-order valence-corrected chi connectivity index (χ4v) is 2.46. The standard InChI is InChI=1S/C15H23ClFN/c1-5-15(6-2,10-18-11(3)4)12-8-7-9-13(16)14(12)17/h7-9,11,18H,5-6,10H2,1-4H3. The SMILES string of the molecule is CCC(CC)(CNC(C)C)c1cccc(Cl)c1F. The minimum absolute atomic E-state index is 0.181. The summed E-state index contributed by atoms with van der Waals surface area (Å²) in [6, 6.07) is 5.68. The molecule has 1 nitrogen and oxygen atoms in total. The van der Waals surface area contributed by atoms with Crippen LogP contribution in [0, 0.1) is 5.82 Å². The number of rotatable bonds is 6. The number of nitrogens with one attached hydrogen (secondary N) is 1. The highest BCUT2D eigenvalue weighted by molar-refractivity contribution is 6.30. The minimum Gasteiger partial charge on any atom is -0.314 e. The van der Waals surface area contributed by atoms with Crippen LogP contribution in [0.5, 0.6) is 0 Å². The highest BCUT2D eigenvalue weighted by atomic mass is 35.5. The van der Waals surface area contributed by atoms with E-state index in [1.807, 2.05) is 12.1 Å². The predicted octanol–water partition coefficient (Wildman–Crippen LogP) is 4.53. The van der Waals surface area contributed by atoms with E-state index in [2.05, 4.69) is 33.0 Å². The number of hydrogen-bond acceptors (Lipinski definition) is 1. The van der Waals surface area contributed by atoms with E-state index in [4.69, 9.17) is 11.6 Å². The maximum absolute atomic E-state index is 14.2. The Hall–Kier alpha value is -0.600. The van der Waals surface area contributed by atoms with Crippen LogP contribution in [0.15, 0.2) is 18.2 Å². The van der Waals surface area contributed by atoms with Crippen LogP contribution in [0.3, 0.4) is 0 Å². The Labute approximate surface area is 115 Å². The molecule has 1 aromatic rings. The molecule has 3 heteroatoms. The zero-order valence-corrected chi connectivity index (χ0v) is 12.4. The molecule has 0 aliphatic rings. The lowest BCUT2D eigenvalue weighted by Crippen LogP contribution is -2.40. The van der Waals surface area contributed by atoms with Crippen molar-refractivity contribution in [2.75, 3.05) is 6.54 Å². The van der Waals surface area contributed by atoms with Crippen LogP contribution in [0.2, 0.25) is 5.02 Å². The minimum atomic E-state index is -0.270. The fraction of sp³-hybridized carbons (Fsp3) is 0.600. The molecule has 0 atom stereocenters. The van der Waals surface area contributed by atoms with Gasteiger partial charge in [0.25, 0.3) is 0 Å². The molecule has 1 N–H and O–H groups in total. The van der Waals surface area contributed by atoms with Crippen LogP contribution < -0.4 is 5.32 Å². The van der Waals surface area contributed by atoms with Crippen molar-refractivity contribution in [2.24, 2.45) is 0 Å². The Bertz CT molecular complexity index is 386. The Morgan fingerprint density at radius 3 is 2.39 bits per heavy atom. The summed E-state index contributed by atoms with van der Waals surface area (Å²) in [7, 11) is 0. The molecule has 0 unspecified atom stereocenters. The van der Waals surface area contributed by atoms with E-state index in [0.29, 0.717) is 6.04 Å². The highest BCUT2D eigenvalue weighted by Gasteiger charge is 2.31. The first-order chi connectivity index (χ1) is 8.46. The summed E-state index contributed by atoms with van der Waals surface area (Å²) in [5.74, 6) is -0.270. The van der Waals surface area contributed by atoms with Gasteiger partial charge >= 0.3 is 0 Å². The van der Waals surface area contributed by atoms with Crippen LogP contribution in [0.25, 0.3) is 0 Å². The molecule has 0 aliphatic heterocycles. The molecule has 102 valence electrons. The number of halogens is 2. The molecule has 1 rings (SSSR count). The molecule has 18 heavy (non-hydrogen) atoms. The Morgan fingerprint density at radius 1 is 1.28 bits per heavy atom. The quantitative estimate of drug-likeness (QED) is 0.801. The summed E-state index contributed by atoms with van der Waals surface area (Å²) < 4.78 is 14.2. The molecule has 0 fully saturated rings. The van der Waals surface area contributed by atoms with Crippen molar-refractivity contribution in [3.63, 3.8) is 0 Å².